The number of phosphoric ester groups is 1. The molecule has 77 heavy (non-hydrogen) atoms. The van der Waals surface area contributed by atoms with Gasteiger partial charge in [0.1, 0.15) is 48.1 Å². The van der Waals surface area contributed by atoms with Crippen LogP contribution in [-0.4, -0.2) is 203 Å². The minimum atomic E-state index is -4.11. The SMILES string of the molecule is CC(=O)NC1C(CC(=O)CCOCCOCCOCCn2cc(CNC(=O)CCC(C)(C)SSCCCCOP(=O)(OC(C)[C@H]3O[C@@H](C)C[C@H]3OC(C)C)O[C@@H]3C[C@H](C)O[C@@H]3C(C)OC(C)C)nn2)OC(CO)C(O)C1O. The van der Waals surface area contributed by atoms with Crippen LogP contribution in [0.15, 0.2) is 6.20 Å². The molecule has 5 N–H and O–H groups in total. The van der Waals surface area contributed by atoms with Gasteiger partial charge in [-0.2, -0.15) is 0 Å². The van der Waals surface area contributed by atoms with Gasteiger partial charge >= 0.3 is 7.82 Å². The Hall–Kier alpha value is -1.88. The Morgan fingerprint density at radius 1 is 0.844 bits per heavy atom. The van der Waals surface area contributed by atoms with Crippen molar-refractivity contribution in [3.63, 3.8) is 0 Å². The molecule has 0 spiro atoms. The second-order valence-corrected chi connectivity index (χ2v) is 25.9. The highest BCUT2D eigenvalue weighted by Gasteiger charge is 2.48. The molecule has 26 heteroatoms. The number of unbranched alkanes of at least 4 members (excludes halogenated alkanes) is 1. The van der Waals surface area contributed by atoms with E-state index < -0.39 is 75.2 Å². The number of hydrogen-bond donors (Lipinski definition) is 5. The summed E-state index contributed by atoms with van der Waals surface area (Å²) in [6.45, 7) is 23.2. The van der Waals surface area contributed by atoms with E-state index >= 15 is 0 Å². The van der Waals surface area contributed by atoms with Gasteiger partial charge in [0, 0.05) is 49.5 Å². The summed E-state index contributed by atoms with van der Waals surface area (Å²) < 4.78 is 81.6. The number of carbonyl (C=O) groups is 3. The van der Waals surface area contributed by atoms with Crippen molar-refractivity contribution < 1.29 is 85.7 Å². The molecule has 3 aliphatic rings. The summed E-state index contributed by atoms with van der Waals surface area (Å²) in [5, 5.41) is 43.8. The van der Waals surface area contributed by atoms with Crippen LogP contribution in [0.4, 0.5) is 0 Å². The third kappa shape index (κ3) is 25.0. The van der Waals surface area contributed by atoms with E-state index in [9.17, 15) is 34.3 Å². The molecule has 4 heterocycles. The lowest BCUT2D eigenvalue weighted by atomic mass is 9.90. The van der Waals surface area contributed by atoms with Crippen molar-refractivity contribution in [2.24, 2.45) is 0 Å². The first-order valence-corrected chi connectivity index (χ1v) is 31.1. The fourth-order valence-electron chi connectivity index (χ4n) is 9.08. The summed E-state index contributed by atoms with van der Waals surface area (Å²) >= 11 is 0. The second-order valence-electron chi connectivity index (χ2n) is 21.2. The Morgan fingerprint density at radius 2 is 1.49 bits per heavy atom. The lowest BCUT2D eigenvalue weighted by Crippen LogP contribution is -2.64. The third-order valence-corrected chi connectivity index (χ3v) is 17.8. The fraction of sp³-hybridized carbons (Fsp3) is 0.902. The van der Waals surface area contributed by atoms with Gasteiger partial charge in [0.05, 0.1) is 127 Å². The van der Waals surface area contributed by atoms with E-state index in [-0.39, 0.29) is 92.3 Å². The number of rotatable bonds is 39. The smallest absolute Gasteiger partial charge is 0.394 e. The van der Waals surface area contributed by atoms with E-state index in [2.05, 4.69) is 34.8 Å². The molecule has 3 fully saturated rings. The maximum absolute atomic E-state index is 14.6. The van der Waals surface area contributed by atoms with Gasteiger partial charge in [0.2, 0.25) is 11.8 Å². The number of carbonyl (C=O) groups excluding carboxylic acids is 3. The fourth-order valence-corrected chi connectivity index (χ4v) is 13.4. The monoisotopic (exact) mass is 1160 g/mol. The molecule has 0 aliphatic carbocycles. The number of phosphoric acid groups is 1. The van der Waals surface area contributed by atoms with Crippen molar-refractivity contribution in [3.05, 3.63) is 11.9 Å². The summed E-state index contributed by atoms with van der Waals surface area (Å²) in [5.74, 6) is 0.0680. The lowest BCUT2D eigenvalue weighted by molar-refractivity contribution is -0.196. The van der Waals surface area contributed by atoms with Gasteiger partial charge < -0.3 is 63.8 Å². The zero-order valence-corrected chi connectivity index (χ0v) is 49.8. The number of ether oxygens (including phenoxy) is 8. The van der Waals surface area contributed by atoms with Crippen molar-refractivity contribution in [1.82, 2.24) is 25.6 Å². The standard InChI is InChI=1S/C51H92N5O18PS2/c1-32(2)68-36(7)49-43(27-35(6)70-49)74-75(63,73-37(8)50-42(69-33(3)4)26-34(5)71-50)67-18-12-13-25-76-77-51(10,11)16-14-45(60)52-29-39-30-56(55-54-39)17-20-65-22-24-66-23-21-64-19-15-40(59)28-41-46(53-38(9)58)48(62)47(61)44(31-57)72-41/h30,32-37,41-44,46-50,57,61-62H,12-29,31H2,1-11H3,(H,52,60)(H,53,58)/t34-,35-,36?,37?,41?,42+,43+,44?,46?,47?,48?,49+,50+,75?/m0/s1. The van der Waals surface area contributed by atoms with Crippen molar-refractivity contribution in [3.8, 4) is 0 Å². The number of hydrogen-bond acceptors (Lipinski definition) is 22. The number of Topliss-reactive ketones (excluding diaryl/α,β-unsaturated/α-hetero) is 1. The third-order valence-electron chi connectivity index (χ3n) is 12.8. The van der Waals surface area contributed by atoms with E-state index in [4.69, 9.17) is 51.5 Å². The maximum atomic E-state index is 14.6. The number of aliphatic hydroxyl groups excluding tert-OH is 3. The summed E-state index contributed by atoms with van der Waals surface area (Å²) in [6, 6.07) is -1.00. The Bertz CT molecular complexity index is 1930. The number of ketones is 1. The van der Waals surface area contributed by atoms with Gasteiger partial charge in [0.15, 0.2) is 0 Å². The molecule has 14 atom stereocenters. The van der Waals surface area contributed by atoms with Crippen LogP contribution in [0.5, 0.6) is 0 Å². The van der Waals surface area contributed by atoms with Crippen LogP contribution in [0.3, 0.4) is 0 Å². The molecule has 0 aromatic carbocycles. The topological polar surface area (TPSA) is 285 Å². The highest BCUT2D eigenvalue weighted by atomic mass is 33.1. The molecule has 446 valence electrons. The Morgan fingerprint density at radius 3 is 2.14 bits per heavy atom. The Labute approximate surface area is 464 Å². The zero-order chi connectivity index (χ0) is 56.7. The number of aromatic nitrogens is 3. The molecule has 8 unspecified atom stereocenters. The predicted molar refractivity (Wildman–Crippen MR) is 289 cm³/mol. The van der Waals surface area contributed by atoms with Gasteiger partial charge in [-0.15, -0.1) is 5.10 Å². The molecule has 23 nitrogen and oxygen atoms in total. The van der Waals surface area contributed by atoms with Crippen molar-refractivity contribution >= 4 is 47.0 Å². The van der Waals surface area contributed by atoms with Crippen LogP contribution >= 0.6 is 29.4 Å². The molecule has 2 amide bonds. The predicted octanol–water partition coefficient (Wildman–Crippen LogP) is 4.88. The highest BCUT2D eigenvalue weighted by Crippen LogP contribution is 2.55. The molecule has 0 saturated carbocycles. The van der Waals surface area contributed by atoms with E-state index in [0.717, 1.165) is 12.2 Å². The van der Waals surface area contributed by atoms with Crippen molar-refractivity contribution in [1.29, 1.82) is 0 Å². The first-order valence-electron chi connectivity index (χ1n) is 27.3. The van der Waals surface area contributed by atoms with Crippen LogP contribution in [0.25, 0.3) is 0 Å². The molecule has 3 aliphatic heterocycles. The normalized spacial score (nSPS) is 27.5. The lowest BCUT2D eigenvalue weighted by Gasteiger charge is -2.42. The van der Waals surface area contributed by atoms with Crippen LogP contribution in [0.1, 0.15) is 133 Å². The highest BCUT2D eigenvalue weighted by molar-refractivity contribution is 8.77. The van der Waals surface area contributed by atoms with Gasteiger partial charge in [-0.05, 0) is 88.5 Å². The summed E-state index contributed by atoms with van der Waals surface area (Å²) in [5.41, 5.74) is 0.630. The summed E-state index contributed by atoms with van der Waals surface area (Å²) in [7, 11) is -0.646. The summed E-state index contributed by atoms with van der Waals surface area (Å²) in [4.78, 5) is 37.0. The molecule has 0 bridgehead atoms. The molecular formula is C51H92N5O18PS2. The summed E-state index contributed by atoms with van der Waals surface area (Å²) in [6.07, 6.45) is -2.22. The number of nitrogens with one attached hydrogen (secondary N) is 2. The number of aliphatic hydroxyl groups is 3. The maximum Gasteiger partial charge on any atom is 0.475 e. The van der Waals surface area contributed by atoms with E-state index in [1.54, 1.807) is 32.5 Å². The van der Waals surface area contributed by atoms with Gasteiger partial charge in [-0.25, -0.2) is 9.25 Å². The van der Waals surface area contributed by atoms with Crippen molar-refractivity contribution in [2.45, 2.75) is 237 Å². The Balaban J connectivity index is 1.05. The number of amides is 2. The molecule has 4 rings (SSSR count). The first kappa shape index (κ1) is 67.6. The average Bonchev–Trinajstić information content (AvgIpc) is 4.07. The Kier molecular flexibility index (Phi) is 30.3. The average molecular weight is 1160 g/mol. The van der Waals surface area contributed by atoms with E-state index in [1.165, 1.54) is 6.92 Å². The largest absolute Gasteiger partial charge is 0.475 e. The van der Waals surface area contributed by atoms with E-state index in [1.807, 2.05) is 55.4 Å². The van der Waals surface area contributed by atoms with Gasteiger partial charge in [-0.1, -0.05) is 26.8 Å². The van der Waals surface area contributed by atoms with Crippen LogP contribution < -0.4 is 10.6 Å². The molecule has 0 radical (unpaired) electrons. The quantitative estimate of drug-likeness (QED) is 0.0334. The van der Waals surface area contributed by atoms with Gasteiger partial charge in [0.25, 0.3) is 0 Å². The minimum Gasteiger partial charge on any atom is -0.394 e. The van der Waals surface area contributed by atoms with E-state index in [0.29, 0.717) is 70.8 Å². The molecular weight excluding hydrogens is 1070 g/mol. The molecule has 1 aromatic rings. The van der Waals surface area contributed by atoms with Crippen molar-refractivity contribution in [2.75, 3.05) is 58.6 Å². The van der Waals surface area contributed by atoms with Crippen LogP contribution in [-0.2, 0) is 83.5 Å². The zero-order valence-electron chi connectivity index (χ0n) is 47.2. The minimum absolute atomic E-state index is 0.00947. The van der Waals surface area contributed by atoms with Gasteiger partial charge in [-0.3, -0.25) is 28.0 Å². The molecule has 1 aromatic heterocycles. The van der Waals surface area contributed by atoms with Crippen LogP contribution in [0.2, 0.25) is 0 Å². The number of nitrogens with zero attached hydrogens (tertiary/aromatic N) is 3. The first-order chi connectivity index (χ1) is 36.5. The second kappa shape index (κ2) is 34.5. The van der Waals surface area contributed by atoms with Crippen LogP contribution in [0, 0.1) is 0 Å². The molecule has 3 saturated heterocycles.